The van der Waals surface area contributed by atoms with E-state index in [0.29, 0.717) is 16.7 Å². The molecule has 0 fully saturated rings. The summed E-state index contributed by atoms with van der Waals surface area (Å²) in [6.45, 7) is 1.83. The van der Waals surface area contributed by atoms with Crippen LogP contribution in [-0.2, 0) is 0 Å². The number of anilines is 2. The van der Waals surface area contributed by atoms with Gasteiger partial charge in [-0.2, -0.15) is 5.10 Å². The zero-order chi connectivity index (χ0) is 12.3. The van der Waals surface area contributed by atoms with E-state index in [-0.39, 0.29) is 6.03 Å². The molecule has 6 nitrogen and oxygen atoms in total. The van der Waals surface area contributed by atoms with Crippen molar-refractivity contribution in [2.24, 2.45) is 0 Å². The number of amides is 2. The number of aromatic amines is 1. The Morgan fingerprint density at radius 1 is 1.47 bits per heavy atom. The van der Waals surface area contributed by atoms with Crippen molar-refractivity contribution in [3.8, 4) is 0 Å². The van der Waals surface area contributed by atoms with Gasteiger partial charge < -0.3 is 5.32 Å². The summed E-state index contributed by atoms with van der Waals surface area (Å²) >= 11 is 5.74. The molecule has 0 unspecified atom stereocenters. The molecule has 17 heavy (non-hydrogen) atoms. The number of hydrogen-bond acceptors (Lipinski definition) is 3. The Hall–Kier alpha value is -2.08. The second-order valence-electron chi connectivity index (χ2n) is 3.37. The smallest absolute Gasteiger partial charge is 0.307 e. The summed E-state index contributed by atoms with van der Waals surface area (Å²) in [5, 5.41) is 11.9. The molecule has 88 valence electrons. The van der Waals surface area contributed by atoms with Crippen LogP contribution in [0, 0.1) is 6.92 Å². The predicted molar refractivity (Wildman–Crippen MR) is 65.2 cm³/mol. The van der Waals surface area contributed by atoms with Crippen molar-refractivity contribution in [1.82, 2.24) is 15.2 Å². The molecule has 0 aliphatic carbocycles. The number of carbonyl (C=O) groups is 1. The Balaban J connectivity index is 2.05. The maximum absolute atomic E-state index is 11.6. The zero-order valence-corrected chi connectivity index (χ0v) is 9.75. The Morgan fingerprint density at radius 3 is 3.00 bits per heavy atom. The number of hydrogen-bond donors (Lipinski definition) is 3. The second-order valence-corrected chi connectivity index (χ2v) is 3.76. The molecule has 0 aliphatic rings. The van der Waals surface area contributed by atoms with Crippen LogP contribution in [0.1, 0.15) is 5.56 Å². The maximum Gasteiger partial charge on any atom is 0.324 e. The molecule has 0 aromatic carbocycles. The summed E-state index contributed by atoms with van der Waals surface area (Å²) in [4.78, 5) is 15.5. The minimum atomic E-state index is -0.375. The number of H-pyrrole nitrogens is 1. The van der Waals surface area contributed by atoms with Crippen LogP contribution in [0.3, 0.4) is 0 Å². The number of nitrogens with zero attached hydrogens (tertiary/aromatic N) is 2. The second kappa shape index (κ2) is 4.84. The van der Waals surface area contributed by atoms with Crippen LogP contribution in [0.15, 0.2) is 24.5 Å². The molecule has 2 rings (SSSR count). The fourth-order valence-corrected chi connectivity index (χ4v) is 1.39. The van der Waals surface area contributed by atoms with Gasteiger partial charge in [0.25, 0.3) is 0 Å². The van der Waals surface area contributed by atoms with Crippen LogP contribution in [-0.4, -0.2) is 21.2 Å². The van der Waals surface area contributed by atoms with E-state index in [1.165, 1.54) is 0 Å². The van der Waals surface area contributed by atoms with Crippen LogP contribution in [0.5, 0.6) is 0 Å². The monoisotopic (exact) mass is 251 g/mol. The van der Waals surface area contributed by atoms with Gasteiger partial charge in [0.1, 0.15) is 11.0 Å². The van der Waals surface area contributed by atoms with E-state index in [9.17, 15) is 4.79 Å². The number of aryl methyl sites for hydroxylation is 1. The third kappa shape index (κ3) is 2.94. The van der Waals surface area contributed by atoms with Crippen molar-refractivity contribution in [2.45, 2.75) is 6.92 Å². The lowest BCUT2D eigenvalue weighted by Gasteiger charge is -2.08. The van der Waals surface area contributed by atoms with Gasteiger partial charge in [-0.15, -0.1) is 0 Å². The number of pyridine rings is 1. The van der Waals surface area contributed by atoms with Gasteiger partial charge in [0.2, 0.25) is 0 Å². The van der Waals surface area contributed by atoms with Crippen molar-refractivity contribution < 1.29 is 4.79 Å². The lowest BCUT2D eigenvalue weighted by molar-refractivity contribution is 0.262. The fraction of sp³-hybridized carbons (Fsp3) is 0.100. The highest BCUT2D eigenvalue weighted by molar-refractivity contribution is 6.29. The number of halogens is 1. The van der Waals surface area contributed by atoms with Crippen LogP contribution >= 0.6 is 11.6 Å². The van der Waals surface area contributed by atoms with Gasteiger partial charge in [0, 0.05) is 18.0 Å². The van der Waals surface area contributed by atoms with E-state index in [2.05, 4.69) is 25.8 Å². The number of aromatic nitrogens is 3. The van der Waals surface area contributed by atoms with Gasteiger partial charge in [0.05, 0.1) is 6.20 Å². The first-order valence-electron chi connectivity index (χ1n) is 4.84. The summed E-state index contributed by atoms with van der Waals surface area (Å²) in [5.41, 5.74) is 1.44. The largest absolute Gasteiger partial charge is 0.324 e. The molecule has 0 bridgehead atoms. The van der Waals surface area contributed by atoms with Gasteiger partial charge in [0.15, 0.2) is 0 Å². The number of nitrogens with one attached hydrogen (secondary N) is 3. The molecule has 0 saturated heterocycles. The molecule has 2 heterocycles. The van der Waals surface area contributed by atoms with E-state index in [1.807, 2.05) is 6.92 Å². The van der Waals surface area contributed by atoms with E-state index < -0.39 is 0 Å². The molecule has 0 radical (unpaired) electrons. The average molecular weight is 252 g/mol. The Morgan fingerprint density at radius 2 is 2.29 bits per heavy atom. The average Bonchev–Trinajstić information content (AvgIpc) is 2.76. The minimum Gasteiger partial charge on any atom is -0.307 e. The first-order chi connectivity index (χ1) is 8.15. The third-order valence-corrected chi connectivity index (χ3v) is 2.27. The number of urea groups is 1. The normalized spacial score (nSPS) is 10.0. The Bertz CT molecular complexity index is 525. The van der Waals surface area contributed by atoms with Crippen LogP contribution < -0.4 is 10.6 Å². The first-order valence-corrected chi connectivity index (χ1v) is 5.22. The molecule has 0 atom stereocenters. The minimum absolute atomic E-state index is 0.326. The third-order valence-electron chi connectivity index (χ3n) is 2.07. The Labute approximate surface area is 102 Å². The maximum atomic E-state index is 11.6. The lowest BCUT2D eigenvalue weighted by atomic mass is 10.2. The summed E-state index contributed by atoms with van der Waals surface area (Å²) in [7, 11) is 0. The lowest BCUT2D eigenvalue weighted by Crippen LogP contribution is -2.20. The van der Waals surface area contributed by atoms with E-state index in [0.717, 1.165) is 5.56 Å². The SMILES string of the molecule is Cc1cnc(Cl)cc1NC(=O)Nc1ccn[nH]1. The first kappa shape index (κ1) is 11.4. The zero-order valence-electron chi connectivity index (χ0n) is 8.99. The van der Waals surface area contributed by atoms with Gasteiger partial charge in [-0.05, 0) is 18.6 Å². The molecule has 0 spiro atoms. The van der Waals surface area contributed by atoms with Crippen molar-refractivity contribution in [2.75, 3.05) is 10.6 Å². The topological polar surface area (TPSA) is 82.7 Å². The summed E-state index contributed by atoms with van der Waals surface area (Å²) in [6, 6.07) is 2.86. The molecule has 2 aromatic heterocycles. The van der Waals surface area contributed by atoms with Crippen LogP contribution in [0.25, 0.3) is 0 Å². The highest BCUT2D eigenvalue weighted by Crippen LogP contribution is 2.17. The van der Waals surface area contributed by atoms with Gasteiger partial charge in [-0.25, -0.2) is 9.78 Å². The summed E-state index contributed by atoms with van der Waals surface area (Å²) in [5.74, 6) is 0.514. The molecule has 2 aromatic rings. The van der Waals surface area contributed by atoms with Crippen LogP contribution in [0.2, 0.25) is 5.15 Å². The van der Waals surface area contributed by atoms with Crippen molar-refractivity contribution in [3.63, 3.8) is 0 Å². The molecule has 3 N–H and O–H groups in total. The molecule has 2 amide bonds. The standard InChI is InChI=1S/C10H10ClN5O/c1-6-5-12-8(11)4-7(6)14-10(17)15-9-2-3-13-16-9/h2-5H,1H3,(H3,12,13,14,15,16,17). The summed E-state index contributed by atoms with van der Waals surface area (Å²) in [6.07, 6.45) is 3.14. The van der Waals surface area contributed by atoms with Crippen molar-refractivity contribution in [1.29, 1.82) is 0 Å². The predicted octanol–water partition coefficient (Wildman–Crippen LogP) is 2.41. The quantitative estimate of drug-likeness (QED) is 0.717. The molecule has 0 aliphatic heterocycles. The fourth-order valence-electron chi connectivity index (χ4n) is 1.23. The number of rotatable bonds is 2. The molecular formula is C10H10ClN5O. The summed E-state index contributed by atoms with van der Waals surface area (Å²) < 4.78 is 0. The highest BCUT2D eigenvalue weighted by Gasteiger charge is 2.06. The van der Waals surface area contributed by atoms with Crippen LogP contribution in [0.4, 0.5) is 16.3 Å². The van der Waals surface area contributed by atoms with Gasteiger partial charge in [-0.1, -0.05) is 11.6 Å². The molecule has 7 heteroatoms. The van der Waals surface area contributed by atoms with Crippen molar-refractivity contribution in [3.05, 3.63) is 35.2 Å². The van der Waals surface area contributed by atoms with E-state index >= 15 is 0 Å². The van der Waals surface area contributed by atoms with Gasteiger partial charge in [-0.3, -0.25) is 10.4 Å². The van der Waals surface area contributed by atoms with Gasteiger partial charge >= 0.3 is 6.03 Å². The van der Waals surface area contributed by atoms with E-state index in [4.69, 9.17) is 11.6 Å². The molecular weight excluding hydrogens is 242 g/mol. The number of carbonyl (C=O) groups excluding carboxylic acids is 1. The molecule has 0 saturated carbocycles. The van der Waals surface area contributed by atoms with E-state index in [1.54, 1.807) is 24.5 Å². The Kier molecular flexibility index (Phi) is 3.24. The highest BCUT2D eigenvalue weighted by atomic mass is 35.5. The van der Waals surface area contributed by atoms with Crippen molar-refractivity contribution >= 4 is 29.1 Å².